The van der Waals surface area contributed by atoms with Crippen LogP contribution in [-0.4, -0.2) is 24.0 Å². The lowest BCUT2D eigenvalue weighted by atomic mass is 9.91. The Balaban J connectivity index is 1.98. The minimum Gasteiger partial charge on any atom is -0.493 e. The van der Waals surface area contributed by atoms with Gasteiger partial charge in [0.05, 0.1) is 14.2 Å². The predicted molar refractivity (Wildman–Crippen MR) is 105 cm³/mol. The molecule has 0 spiro atoms. The molecule has 2 atom stereocenters. The quantitative estimate of drug-likeness (QED) is 0.685. The van der Waals surface area contributed by atoms with E-state index in [0.29, 0.717) is 11.5 Å². The van der Waals surface area contributed by atoms with E-state index in [1.165, 1.54) is 13.2 Å². The molecule has 0 amide bonds. The maximum absolute atomic E-state index is 11.1. The fourth-order valence-electron chi connectivity index (χ4n) is 3.36. The maximum atomic E-state index is 11.1. The smallest absolute Gasteiger partial charge is 0.493 e. The van der Waals surface area contributed by atoms with Crippen molar-refractivity contribution in [2.75, 3.05) is 14.2 Å². The van der Waals surface area contributed by atoms with Gasteiger partial charge in [0.15, 0.2) is 23.0 Å². The average molecular weight is 406 g/mol. The summed E-state index contributed by atoms with van der Waals surface area (Å²) in [7, 11) is -1.67. The number of phosphoric acid groups is 1. The van der Waals surface area contributed by atoms with Crippen molar-refractivity contribution in [3.63, 3.8) is 0 Å². The van der Waals surface area contributed by atoms with Crippen LogP contribution < -0.4 is 18.7 Å². The van der Waals surface area contributed by atoms with E-state index in [2.05, 4.69) is 17.5 Å². The normalized spacial score (nSPS) is 18.6. The van der Waals surface area contributed by atoms with Gasteiger partial charge in [-0.25, -0.2) is 4.57 Å². The molecule has 0 radical (unpaired) electrons. The van der Waals surface area contributed by atoms with Crippen molar-refractivity contribution in [2.24, 2.45) is 0 Å². The lowest BCUT2D eigenvalue weighted by molar-refractivity contribution is 0.207. The van der Waals surface area contributed by atoms with Gasteiger partial charge in [-0.05, 0) is 42.3 Å². The highest BCUT2D eigenvalue weighted by atomic mass is 31.2. The summed E-state index contributed by atoms with van der Waals surface area (Å²) in [6.45, 7) is 4.01. The Morgan fingerprint density at radius 1 is 1.07 bits per heavy atom. The number of benzene rings is 2. The Hall–Kier alpha value is -2.47. The zero-order valence-corrected chi connectivity index (χ0v) is 17.0. The average Bonchev–Trinajstić information content (AvgIpc) is 2.97. The minimum atomic E-state index is -4.69. The molecule has 150 valence electrons. The van der Waals surface area contributed by atoms with Gasteiger partial charge in [0.2, 0.25) is 0 Å². The van der Waals surface area contributed by atoms with Crippen molar-refractivity contribution < 1.29 is 33.1 Å². The van der Waals surface area contributed by atoms with E-state index in [1.807, 2.05) is 25.1 Å². The molecule has 0 unspecified atom stereocenters. The SMILES string of the molecule is CC=Cc1cc(OC)c2c(c1)[C@H](C)[C@@H](c1ccc(OP(=O)(O)O)c(OC)c1)O2. The van der Waals surface area contributed by atoms with Gasteiger partial charge in [-0.1, -0.05) is 25.1 Å². The second-order valence-electron chi connectivity index (χ2n) is 6.46. The first-order valence-corrected chi connectivity index (χ1v) is 10.2. The molecular formula is C20H23O7P. The third-order valence-corrected chi connectivity index (χ3v) is 5.04. The maximum Gasteiger partial charge on any atom is 0.524 e. The second-order valence-corrected chi connectivity index (χ2v) is 7.62. The van der Waals surface area contributed by atoms with Crippen molar-refractivity contribution in [3.05, 3.63) is 53.1 Å². The highest BCUT2D eigenvalue weighted by Gasteiger charge is 2.35. The topological polar surface area (TPSA) is 94.5 Å². The standard InChI is InChI=1S/C20H23O7P/c1-5-6-13-9-15-12(2)19(26-20(15)18(10-13)25-4)14-7-8-16(17(11-14)24-3)27-28(21,22)23/h5-12,19H,1-4H3,(H2,21,22,23)/t12-,19-/m0/s1. The van der Waals surface area contributed by atoms with E-state index >= 15 is 0 Å². The van der Waals surface area contributed by atoms with Crippen LogP contribution in [0.5, 0.6) is 23.0 Å². The summed E-state index contributed by atoms with van der Waals surface area (Å²) in [5.41, 5.74) is 2.86. The number of fused-ring (bicyclic) bond motifs is 1. The Bertz CT molecular complexity index is 948. The van der Waals surface area contributed by atoms with Crippen molar-refractivity contribution in [1.82, 2.24) is 0 Å². The van der Waals surface area contributed by atoms with E-state index in [9.17, 15) is 4.57 Å². The summed E-state index contributed by atoms with van der Waals surface area (Å²) in [5, 5.41) is 0. The Kier molecular flexibility index (Phi) is 5.70. The molecule has 8 heteroatoms. The highest BCUT2D eigenvalue weighted by Crippen LogP contribution is 2.52. The second kappa shape index (κ2) is 7.87. The Morgan fingerprint density at radius 2 is 1.79 bits per heavy atom. The summed E-state index contributed by atoms with van der Waals surface area (Å²) in [4.78, 5) is 18.1. The number of ether oxygens (including phenoxy) is 3. The van der Waals surface area contributed by atoms with E-state index in [4.69, 9.17) is 24.0 Å². The number of hydrogen-bond donors (Lipinski definition) is 2. The van der Waals surface area contributed by atoms with E-state index in [0.717, 1.165) is 16.7 Å². The monoisotopic (exact) mass is 406 g/mol. The summed E-state index contributed by atoms with van der Waals surface area (Å²) >= 11 is 0. The van der Waals surface area contributed by atoms with Gasteiger partial charge in [0, 0.05) is 11.5 Å². The molecule has 1 aliphatic rings. The van der Waals surface area contributed by atoms with E-state index in [-0.39, 0.29) is 23.5 Å². The van der Waals surface area contributed by atoms with Gasteiger partial charge in [0.1, 0.15) is 6.10 Å². The van der Waals surface area contributed by atoms with Crippen LogP contribution in [0.4, 0.5) is 0 Å². The van der Waals surface area contributed by atoms with Gasteiger partial charge >= 0.3 is 7.82 Å². The molecule has 2 aromatic rings. The molecule has 0 saturated heterocycles. The molecule has 1 aliphatic heterocycles. The van der Waals surface area contributed by atoms with Crippen LogP contribution in [0, 0.1) is 0 Å². The molecule has 2 aromatic carbocycles. The fraction of sp³-hybridized carbons (Fsp3) is 0.300. The Labute approximate surface area is 163 Å². The summed E-state index contributed by atoms with van der Waals surface area (Å²) < 4.78 is 32.8. The predicted octanol–water partition coefficient (Wildman–Crippen LogP) is 4.45. The van der Waals surface area contributed by atoms with Gasteiger partial charge in [-0.3, -0.25) is 9.79 Å². The van der Waals surface area contributed by atoms with Crippen LogP contribution in [0.15, 0.2) is 36.4 Å². The fourth-order valence-corrected chi connectivity index (χ4v) is 3.77. The van der Waals surface area contributed by atoms with Crippen LogP contribution in [0.25, 0.3) is 6.08 Å². The molecule has 0 aliphatic carbocycles. The Morgan fingerprint density at radius 3 is 2.39 bits per heavy atom. The van der Waals surface area contributed by atoms with Gasteiger partial charge in [-0.2, -0.15) is 0 Å². The number of hydrogen-bond acceptors (Lipinski definition) is 5. The van der Waals surface area contributed by atoms with Crippen LogP contribution in [0.2, 0.25) is 0 Å². The third kappa shape index (κ3) is 4.02. The molecule has 0 saturated carbocycles. The molecule has 0 bridgehead atoms. The van der Waals surface area contributed by atoms with Gasteiger partial charge < -0.3 is 18.7 Å². The summed E-state index contributed by atoms with van der Waals surface area (Å²) in [5.74, 6) is 1.58. The van der Waals surface area contributed by atoms with E-state index < -0.39 is 7.82 Å². The summed E-state index contributed by atoms with van der Waals surface area (Å²) in [6.07, 6.45) is 3.66. The van der Waals surface area contributed by atoms with Crippen molar-refractivity contribution in [1.29, 1.82) is 0 Å². The largest absolute Gasteiger partial charge is 0.524 e. The lowest BCUT2D eigenvalue weighted by Crippen LogP contribution is -2.08. The first-order valence-electron chi connectivity index (χ1n) is 8.71. The number of phosphoric ester groups is 1. The minimum absolute atomic E-state index is 0.0318. The first kappa shape index (κ1) is 20.3. The van der Waals surface area contributed by atoms with Crippen LogP contribution >= 0.6 is 7.82 Å². The molecular weight excluding hydrogens is 383 g/mol. The molecule has 0 aromatic heterocycles. The van der Waals surface area contributed by atoms with Gasteiger partial charge in [0.25, 0.3) is 0 Å². The van der Waals surface area contributed by atoms with Crippen molar-refractivity contribution in [3.8, 4) is 23.0 Å². The number of allylic oxidation sites excluding steroid dienone is 1. The molecule has 2 N–H and O–H groups in total. The van der Waals surface area contributed by atoms with Crippen molar-refractivity contribution in [2.45, 2.75) is 25.9 Å². The first-order chi connectivity index (χ1) is 13.3. The van der Waals surface area contributed by atoms with E-state index in [1.54, 1.807) is 19.2 Å². The third-order valence-electron chi connectivity index (χ3n) is 4.61. The van der Waals surface area contributed by atoms with Gasteiger partial charge in [-0.15, -0.1) is 0 Å². The number of rotatable bonds is 6. The highest BCUT2D eigenvalue weighted by molar-refractivity contribution is 7.46. The summed E-state index contributed by atoms with van der Waals surface area (Å²) in [6, 6.07) is 8.84. The zero-order chi connectivity index (χ0) is 20.5. The molecule has 28 heavy (non-hydrogen) atoms. The molecule has 7 nitrogen and oxygen atoms in total. The number of methoxy groups -OCH3 is 2. The lowest BCUT2D eigenvalue weighted by Gasteiger charge is -2.18. The zero-order valence-electron chi connectivity index (χ0n) is 16.1. The molecule has 3 rings (SSSR count). The molecule has 0 fully saturated rings. The van der Waals surface area contributed by atoms with Crippen molar-refractivity contribution >= 4 is 13.9 Å². The van der Waals surface area contributed by atoms with Crippen LogP contribution in [-0.2, 0) is 4.57 Å². The van der Waals surface area contributed by atoms with Crippen LogP contribution in [0.3, 0.4) is 0 Å². The molecule has 1 heterocycles. The van der Waals surface area contributed by atoms with Crippen LogP contribution in [0.1, 0.15) is 42.6 Å².